The Hall–Kier alpha value is -2.21. The first-order chi connectivity index (χ1) is 12.0. The fraction of sp³-hybridized carbons (Fsp3) is 0.526. The van der Waals surface area contributed by atoms with Crippen LogP contribution in [0.4, 0.5) is 0 Å². The Bertz CT molecular complexity index is 786. The molecular weight excluding hydrogens is 318 g/mol. The molecule has 1 aromatic carbocycles. The Labute approximate surface area is 145 Å². The summed E-state index contributed by atoms with van der Waals surface area (Å²) >= 11 is 0. The van der Waals surface area contributed by atoms with E-state index in [-0.39, 0.29) is 24.1 Å². The highest BCUT2D eigenvalue weighted by Gasteiger charge is 2.55. The van der Waals surface area contributed by atoms with E-state index in [1.165, 1.54) is 24.8 Å². The fourth-order valence-corrected chi connectivity index (χ4v) is 4.72. The van der Waals surface area contributed by atoms with E-state index >= 15 is 0 Å². The minimum absolute atomic E-state index is 0.108. The van der Waals surface area contributed by atoms with Gasteiger partial charge in [0.05, 0.1) is 0 Å². The summed E-state index contributed by atoms with van der Waals surface area (Å²) in [6, 6.07) is 5.42. The van der Waals surface area contributed by atoms with Crippen molar-refractivity contribution in [3.63, 3.8) is 0 Å². The Morgan fingerprint density at radius 1 is 1.20 bits per heavy atom. The maximum absolute atomic E-state index is 12.7. The van der Waals surface area contributed by atoms with Crippen molar-refractivity contribution >= 4 is 17.7 Å². The summed E-state index contributed by atoms with van der Waals surface area (Å²) < 4.78 is 0. The number of nitrogens with one attached hydrogen (secondary N) is 2. The molecule has 130 valence electrons. The Morgan fingerprint density at radius 3 is 2.68 bits per heavy atom. The lowest BCUT2D eigenvalue weighted by Gasteiger charge is -2.62. The van der Waals surface area contributed by atoms with Gasteiger partial charge in [0.15, 0.2) is 0 Å². The van der Waals surface area contributed by atoms with E-state index in [4.69, 9.17) is 0 Å². The van der Waals surface area contributed by atoms with E-state index in [9.17, 15) is 14.4 Å². The number of hydrogen-bond acceptors (Lipinski definition) is 4. The van der Waals surface area contributed by atoms with Crippen LogP contribution < -0.4 is 10.6 Å². The van der Waals surface area contributed by atoms with Crippen molar-refractivity contribution in [2.24, 2.45) is 5.92 Å². The van der Waals surface area contributed by atoms with Crippen molar-refractivity contribution in [3.05, 3.63) is 34.9 Å². The number of nitrogens with zero attached hydrogens (tertiary/aromatic N) is 1. The molecule has 2 aliphatic heterocycles. The molecule has 4 fully saturated rings. The minimum atomic E-state index is -0.542. The van der Waals surface area contributed by atoms with Crippen molar-refractivity contribution in [1.29, 1.82) is 0 Å². The molecule has 2 N–H and O–H groups in total. The largest absolute Gasteiger partial charge is 0.322 e. The highest BCUT2D eigenvalue weighted by Crippen LogP contribution is 2.57. The third-order valence-electron chi connectivity index (χ3n) is 6.29. The number of fused-ring (bicyclic) bond motifs is 1. The van der Waals surface area contributed by atoms with E-state index in [0.717, 1.165) is 18.0 Å². The average Bonchev–Trinajstić information content (AvgIpc) is 2.81. The van der Waals surface area contributed by atoms with Crippen molar-refractivity contribution in [2.45, 2.75) is 56.8 Å². The van der Waals surface area contributed by atoms with Crippen LogP contribution in [0, 0.1) is 5.92 Å². The number of benzene rings is 1. The van der Waals surface area contributed by atoms with Crippen LogP contribution in [0.2, 0.25) is 0 Å². The zero-order valence-electron chi connectivity index (χ0n) is 14.0. The van der Waals surface area contributed by atoms with Crippen LogP contribution in [0.15, 0.2) is 18.2 Å². The lowest BCUT2D eigenvalue weighted by atomic mass is 9.50. The average molecular weight is 339 g/mol. The standard InChI is InChI=1S/C19H21N3O3/c23-16-4-3-15(17(24)21-16)22-10-13-5-11(1-2-14(13)18(22)25)9-20-19-6-12(7-19)8-19/h1-2,5,12,15,20H,3-4,6-10H2,(H,21,23,24). The number of amides is 3. The third kappa shape index (κ3) is 2.31. The molecule has 5 aliphatic rings. The van der Waals surface area contributed by atoms with Crippen LogP contribution in [0.1, 0.15) is 53.6 Å². The van der Waals surface area contributed by atoms with Gasteiger partial charge in [-0.05, 0) is 48.8 Å². The van der Waals surface area contributed by atoms with E-state index in [2.05, 4.69) is 16.7 Å². The maximum Gasteiger partial charge on any atom is 0.255 e. The highest BCUT2D eigenvalue weighted by molar-refractivity contribution is 6.05. The Morgan fingerprint density at radius 2 is 2.00 bits per heavy atom. The van der Waals surface area contributed by atoms with Crippen molar-refractivity contribution in [1.82, 2.24) is 15.5 Å². The molecule has 0 radical (unpaired) electrons. The number of carbonyl (C=O) groups excluding carboxylic acids is 3. The zero-order valence-corrected chi connectivity index (χ0v) is 14.0. The van der Waals surface area contributed by atoms with E-state index in [1.807, 2.05) is 12.1 Å². The van der Waals surface area contributed by atoms with Crippen LogP contribution in [-0.2, 0) is 22.7 Å². The van der Waals surface area contributed by atoms with Crippen LogP contribution in [-0.4, -0.2) is 34.2 Å². The second-order valence-electron chi connectivity index (χ2n) is 8.00. The SMILES string of the molecule is O=C1CCC(N2Cc3cc(CNC45CC(C4)C5)ccc3C2=O)C(=O)N1. The van der Waals surface area contributed by atoms with Gasteiger partial charge >= 0.3 is 0 Å². The first-order valence-corrected chi connectivity index (χ1v) is 9.04. The summed E-state index contributed by atoms with van der Waals surface area (Å²) in [6.45, 7) is 1.27. The molecule has 0 spiro atoms. The maximum atomic E-state index is 12.7. The third-order valence-corrected chi connectivity index (χ3v) is 6.29. The second kappa shape index (κ2) is 5.14. The van der Waals surface area contributed by atoms with Crippen LogP contribution in [0.25, 0.3) is 0 Å². The van der Waals surface area contributed by atoms with Gasteiger partial charge in [-0.1, -0.05) is 12.1 Å². The molecule has 1 atom stereocenters. The summed E-state index contributed by atoms with van der Waals surface area (Å²) in [4.78, 5) is 37.7. The first kappa shape index (κ1) is 15.1. The predicted molar refractivity (Wildman–Crippen MR) is 89.4 cm³/mol. The summed E-state index contributed by atoms with van der Waals surface area (Å²) in [5.41, 5.74) is 3.23. The van der Waals surface area contributed by atoms with Crippen LogP contribution in [0.3, 0.4) is 0 Å². The molecule has 6 rings (SSSR count). The smallest absolute Gasteiger partial charge is 0.255 e. The molecule has 0 aromatic heterocycles. The first-order valence-electron chi connectivity index (χ1n) is 9.04. The van der Waals surface area contributed by atoms with Crippen molar-refractivity contribution < 1.29 is 14.4 Å². The van der Waals surface area contributed by atoms with Gasteiger partial charge < -0.3 is 10.2 Å². The topological polar surface area (TPSA) is 78.5 Å². The highest BCUT2D eigenvalue weighted by atomic mass is 16.2. The normalized spacial score (nSPS) is 32.8. The van der Waals surface area contributed by atoms with Crippen molar-refractivity contribution in [3.8, 4) is 0 Å². The molecular formula is C19H21N3O3. The monoisotopic (exact) mass is 339 g/mol. The van der Waals surface area contributed by atoms with E-state index in [0.29, 0.717) is 24.1 Å². The summed E-state index contributed by atoms with van der Waals surface area (Å²) in [7, 11) is 0. The van der Waals surface area contributed by atoms with Gasteiger partial charge in [0, 0.05) is 30.6 Å². The van der Waals surface area contributed by atoms with Gasteiger partial charge in [-0.25, -0.2) is 0 Å². The van der Waals surface area contributed by atoms with Gasteiger partial charge in [-0.15, -0.1) is 0 Å². The second-order valence-corrected chi connectivity index (χ2v) is 8.00. The molecule has 6 nitrogen and oxygen atoms in total. The quantitative estimate of drug-likeness (QED) is 0.805. The summed E-state index contributed by atoms with van der Waals surface area (Å²) in [6.07, 6.45) is 4.61. The predicted octanol–water partition coefficient (Wildman–Crippen LogP) is 1.09. The number of piperidine rings is 1. The number of rotatable bonds is 4. The van der Waals surface area contributed by atoms with Crippen LogP contribution >= 0.6 is 0 Å². The van der Waals surface area contributed by atoms with Gasteiger partial charge in [0.2, 0.25) is 11.8 Å². The molecule has 1 saturated heterocycles. The molecule has 3 aliphatic carbocycles. The Balaban J connectivity index is 1.30. The number of hydrogen-bond donors (Lipinski definition) is 2. The molecule has 2 bridgehead atoms. The number of carbonyl (C=O) groups is 3. The summed E-state index contributed by atoms with van der Waals surface area (Å²) in [5, 5.41) is 6.00. The Kier molecular flexibility index (Phi) is 3.10. The van der Waals surface area contributed by atoms with E-state index in [1.54, 1.807) is 4.90 Å². The molecule has 25 heavy (non-hydrogen) atoms. The van der Waals surface area contributed by atoms with E-state index < -0.39 is 6.04 Å². The lowest BCUT2D eigenvalue weighted by molar-refractivity contribution is -0.136. The van der Waals surface area contributed by atoms with Crippen molar-refractivity contribution in [2.75, 3.05) is 0 Å². The zero-order chi connectivity index (χ0) is 17.2. The molecule has 1 aromatic rings. The molecule has 3 saturated carbocycles. The molecule has 3 amide bonds. The molecule has 6 heteroatoms. The fourth-order valence-electron chi connectivity index (χ4n) is 4.72. The summed E-state index contributed by atoms with van der Waals surface area (Å²) in [5.74, 6) is 0.228. The minimum Gasteiger partial charge on any atom is -0.322 e. The number of imide groups is 1. The van der Waals surface area contributed by atoms with Gasteiger partial charge in [0.25, 0.3) is 5.91 Å². The van der Waals surface area contributed by atoms with Gasteiger partial charge in [-0.3, -0.25) is 19.7 Å². The van der Waals surface area contributed by atoms with Crippen LogP contribution in [0.5, 0.6) is 0 Å². The molecule has 2 heterocycles. The lowest BCUT2D eigenvalue weighted by Crippen LogP contribution is -2.66. The van der Waals surface area contributed by atoms with Gasteiger partial charge in [-0.2, -0.15) is 0 Å². The van der Waals surface area contributed by atoms with Gasteiger partial charge in [0.1, 0.15) is 6.04 Å². The molecule has 1 unspecified atom stereocenters.